The minimum atomic E-state index is -0.0976. The third-order valence-corrected chi connectivity index (χ3v) is 4.94. The molecule has 0 N–H and O–H groups in total. The fraction of sp³-hybridized carbons (Fsp3) is 0.278. The van der Waals surface area contributed by atoms with Crippen molar-refractivity contribution in [1.82, 2.24) is 14.5 Å². The minimum Gasteiger partial charge on any atom is -0.377 e. The molecule has 6 heteroatoms. The van der Waals surface area contributed by atoms with Crippen LogP contribution in [0.5, 0.6) is 0 Å². The molecule has 5 nitrogen and oxygen atoms in total. The largest absolute Gasteiger partial charge is 0.377 e. The lowest BCUT2D eigenvalue weighted by Gasteiger charge is -2.17. The third kappa shape index (κ3) is 3.59. The van der Waals surface area contributed by atoms with E-state index in [-0.39, 0.29) is 5.56 Å². The number of aryl methyl sites for hydroxylation is 1. The molecule has 126 valence electrons. The fourth-order valence-electron chi connectivity index (χ4n) is 2.33. The molecule has 0 radical (unpaired) electrons. The number of rotatable bonds is 5. The summed E-state index contributed by atoms with van der Waals surface area (Å²) < 4.78 is 1.53. The van der Waals surface area contributed by atoms with Crippen LogP contribution in [-0.4, -0.2) is 28.6 Å². The predicted molar refractivity (Wildman–Crippen MR) is 101 cm³/mol. The Morgan fingerprint density at radius 3 is 2.67 bits per heavy atom. The Bertz CT molecular complexity index is 853. The average Bonchev–Trinajstić information content (AvgIpc) is 2.52. The monoisotopic (exact) mass is 342 g/mol. The Labute approximate surface area is 146 Å². The molecule has 0 atom stereocenters. The molecule has 0 bridgehead atoms. The van der Waals surface area contributed by atoms with Crippen LogP contribution in [-0.2, 0) is 0 Å². The summed E-state index contributed by atoms with van der Waals surface area (Å²) in [5.74, 6) is 0. The SMILES string of the molecule is C=C/C=C(\C)n1cnc(C)c(Sc2nccc(N(C)C)c2C)c1=O. The van der Waals surface area contributed by atoms with Crippen molar-refractivity contribution < 1.29 is 0 Å². The first-order valence-corrected chi connectivity index (χ1v) is 8.37. The lowest BCUT2D eigenvalue weighted by atomic mass is 10.2. The molecule has 0 aliphatic heterocycles. The second-order valence-corrected chi connectivity index (χ2v) is 6.63. The smallest absolute Gasteiger partial charge is 0.271 e. The fourth-order valence-corrected chi connectivity index (χ4v) is 3.28. The summed E-state index contributed by atoms with van der Waals surface area (Å²) >= 11 is 1.36. The maximum absolute atomic E-state index is 12.8. The third-order valence-electron chi connectivity index (χ3n) is 3.66. The van der Waals surface area contributed by atoms with E-state index in [4.69, 9.17) is 0 Å². The Kier molecular flexibility index (Phi) is 5.62. The molecule has 2 rings (SSSR count). The first-order chi connectivity index (χ1) is 11.4. The Morgan fingerprint density at radius 1 is 1.33 bits per heavy atom. The van der Waals surface area contributed by atoms with E-state index in [2.05, 4.69) is 16.5 Å². The van der Waals surface area contributed by atoms with Gasteiger partial charge in [0, 0.05) is 37.2 Å². The van der Waals surface area contributed by atoms with Crippen molar-refractivity contribution in [3.8, 4) is 0 Å². The van der Waals surface area contributed by atoms with Crippen LogP contribution in [0.3, 0.4) is 0 Å². The van der Waals surface area contributed by atoms with E-state index in [1.807, 2.05) is 45.8 Å². The summed E-state index contributed by atoms with van der Waals surface area (Å²) in [4.78, 5) is 24.2. The standard InChI is InChI=1S/C18H22N4OS/c1-7-8-12(2)22-11-20-14(4)16(18(22)23)24-17-13(3)15(21(5)6)9-10-19-17/h7-11H,1H2,2-6H3/b12-8+. The first kappa shape index (κ1) is 18.0. The van der Waals surface area contributed by atoms with Gasteiger partial charge in [0.15, 0.2) is 0 Å². The maximum Gasteiger partial charge on any atom is 0.271 e. The van der Waals surface area contributed by atoms with Gasteiger partial charge in [0.25, 0.3) is 5.56 Å². The molecule has 0 saturated heterocycles. The topological polar surface area (TPSA) is 51.0 Å². The Morgan fingerprint density at radius 2 is 2.04 bits per heavy atom. The van der Waals surface area contributed by atoms with Crippen LogP contribution in [0.2, 0.25) is 0 Å². The van der Waals surface area contributed by atoms with Crippen LogP contribution in [0.25, 0.3) is 5.70 Å². The zero-order valence-corrected chi connectivity index (χ0v) is 15.5. The van der Waals surface area contributed by atoms with E-state index in [9.17, 15) is 4.79 Å². The lowest BCUT2D eigenvalue weighted by Crippen LogP contribution is -2.22. The summed E-state index contributed by atoms with van der Waals surface area (Å²) in [5, 5.41) is 0.811. The number of hydrogen-bond donors (Lipinski definition) is 0. The van der Waals surface area contributed by atoms with Gasteiger partial charge < -0.3 is 4.90 Å². The highest BCUT2D eigenvalue weighted by atomic mass is 32.2. The van der Waals surface area contributed by atoms with E-state index >= 15 is 0 Å². The molecular weight excluding hydrogens is 320 g/mol. The van der Waals surface area contributed by atoms with Crippen LogP contribution in [0.15, 0.2) is 52.0 Å². The molecule has 0 unspecified atom stereocenters. The Balaban J connectivity index is 2.53. The van der Waals surface area contributed by atoms with Crippen LogP contribution in [0.1, 0.15) is 18.2 Å². The molecule has 0 aliphatic rings. The van der Waals surface area contributed by atoms with E-state index in [1.54, 1.807) is 24.7 Å². The van der Waals surface area contributed by atoms with Gasteiger partial charge in [0.2, 0.25) is 0 Å². The molecule has 2 aromatic rings. The first-order valence-electron chi connectivity index (χ1n) is 7.55. The molecule has 24 heavy (non-hydrogen) atoms. The zero-order valence-electron chi connectivity index (χ0n) is 14.7. The van der Waals surface area contributed by atoms with Crippen LogP contribution in [0, 0.1) is 13.8 Å². The van der Waals surface area contributed by atoms with Gasteiger partial charge in [0.1, 0.15) is 16.2 Å². The molecule has 0 spiro atoms. The van der Waals surface area contributed by atoms with Crippen molar-refractivity contribution in [2.75, 3.05) is 19.0 Å². The highest BCUT2D eigenvalue weighted by Gasteiger charge is 2.15. The number of aromatic nitrogens is 3. The van der Waals surface area contributed by atoms with Gasteiger partial charge in [-0.25, -0.2) is 9.97 Å². The second-order valence-electron chi connectivity index (χ2n) is 5.63. The molecule has 0 saturated carbocycles. The van der Waals surface area contributed by atoms with Crippen LogP contribution < -0.4 is 10.5 Å². The number of nitrogens with zero attached hydrogens (tertiary/aromatic N) is 4. The molecule has 0 aromatic carbocycles. The van der Waals surface area contributed by atoms with Gasteiger partial charge >= 0.3 is 0 Å². The van der Waals surface area contributed by atoms with Gasteiger partial charge in [-0.05, 0) is 32.9 Å². The summed E-state index contributed by atoms with van der Waals surface area (Å²) in [6, 6.07) is 1.96. The van der Waals surface area contributed by atoms with E-state index in [0.717, 1.165) is 22.0 Å². The normalized spacial score (nSPS) is 11.5. The van der Waals surface area contributed by atoms with Gasteiger partial charge in [0.05, 0.1) is 5.69 Å². The molecule has 2 heterocycles. The quantitative estimate of drug-likeness (QED) is 0.778. The average molecular weight is 342 g/mol. The Hall–Kier alpha value is -2.34. The van der Waals surface area contributed by atoms with Crippen molar-refractivity contribution in [3.05, 3.63) is 58.9 Å². The highest BCUT2D eigenvalue weighted by molar-refractivity contribution is 7.99. The number of allylic oxidation sites excluding steroid dienone is 3. The second kappa shape index (κ2) is 7.49. The summed E-state index contributed by atoms with van der Waals surface area (Å²) in [7, 11) is 3.98. The van der Waals surface area contributed by atoms with Crippen LogP contribution in [0.4, 0.5) is 5.69 Å². The summed E-state index contributed by atoms with van der Waals surface area (Å²) in [6.07, 6.45) is 6.75. The van der Waals surface area contributed by atoms with Gasteiger partial charge in [-0.15, -0.1) is 0 Å². The zero-order chi connectivity index (χ0) is 17.9. The van der Waals surface area contributed by atoms with Crippen molar-refractivity contribution in [2.24, 2.45) is 0 Å². The van der Waals surface area contributed by atoms with Crippen molar-refractivity contribution in [2.45, 2.75) is 30.7 Å². The highest BCUT2D eigenvalue weighted by Crippen LogP contribution is 2.31. The molecule has 0 fully saturated rings. The van der Waals surface area contributed by atoms with Crippen molar-refractivity contribution in [1.29, 1.82) is 0 Å². The van der Waals surface area contributed by atoms with E-state index in [1.165, 1.54) is 16.3 Å². The van der Waals surface area contributed by atoms with Gasteiger partial charge in [-0.3, -0.25) is 9.36 Å². The summed E-state index contributed by atoms with van der Waals surface area (Å²) in [6.45, 7) is 9.37. The van der Waals surface area contributed by atoms with Crippen LogP contribution >= 0.6 is 11.8 Å². The maximum atomic E-state index is 12.8. The lowest BCUT2D eigenvalue weighted by molar-refractivity contribution is 0.873. The van der Waals surface area contributed by atoms with E-state index in [0.29, 0.717) is 10.6 Å². The molecular formula is C18H22N4OS. The molecule has 0 aliphatic carbocycles. The number of pyridine rings is 1. The molecule has 2 aromatic heterocycles. The van der Waals surface area contributed by atoms with Crippen molar-refractivity contribution >= 4 is 23.1 Å². The summed E-state index contributed by atoms with van der Waals surface area (Å²) in [5.41, 5.74) is 3.50. The predicted octanol–water partition coefficient (Wildman–Crippen LogP) is 3.52. The van der Waals surface area contributed by atoms with Gasteiger partial charge in [-0.2, -0.15) is 0 Å². The van der Waals surface area contributed by atoms with Crippen molar-refractivity contribution in [3.63, 3.8) is 0 Å². The minimum absolute atomic E-state index is 0.0976. The number of hydrogen-bond acceptors (Lipinski definition) is 5. The molecule has 0 amide bonds. The van der Waals surface area contributed by atoms with Gasteiger partial charge in [-0.1, -0.05) is 24.4 Å². The van der Waals surface area contributed by atoms with E-state index < -0.39 is 0 Å². The number of anilines is 1.